The van der Waals surface area contributed by atoms with Crippen LogP contribution in [0.25, 0.3) is 0 Å². The maximum Gasteiger partial charge on any atom is 0.105 e. The van der Waals surface area contributed by atoms with E-state index in [-0.39, 0.29) is 0 Å². The molecule has 0 aliphatic carbocycles. The third-order valence-electron chi connectivity index (χ3n) is 2.39. The van der Waals surface area contributed by atoms with Gasteiger partial charge in [0.05, 0.1) is 0 Å². The average molecular weight is 239 g/mol. The predicted octanol–water partition coefficient (Wildman–Crippen LogP) is 3.79. The molecule has 1 heterocycles. The summed E-state index contributed by atoms with van der Waals surface area (Å²) in [6.45, 7) is 1.96. The first-order chi connectivity index (χ1) is 7.18. The highest BCUT2D eigenvalue weighted by atomic mass is 35.5. The molecule has 1 atom stereocenters. The highest BCUT2D eigenvalue weighted by Gasteiger charge is 2.12. The highest BCUT2D eigenvalue weighted by molar-refractivity contribution is 7.07. The van der Waals surface area contributed by atoms with Gasteiger partial charge in [-0.1, -0.05) is 17.7 Å². The van der Waals surface area contributed by atoms with E-state index < -0.39 is 6.10 Å². The van der Waals surface area contributed by atoms with Crippen LogP contribution in [0.3, 0.4) is 0 Å². The van der Waals surface area contributed by atoms with Crippen LogP contribution in [-0.4, -0.2) is 5.11 Å². The smallest absolute Gasteiger partial charge is 0.105 e. The number of halogens is 1. The van der Waals surface area contributed by atoms with Gasteiger partial charge < -0.3 is 5.11 Å². The molecule has 0 spiro atoms. The Balaban J connectivity index is 2.38. The van der Waals surface area contributed by atoms with Gasteiger partial charge in [-0.3, -0.25) is 0 Å². The van der Waals surface area contributed by atoms with Gasteiger partial charge in [0.25, 0.3) is 0 Å². The average Bonchev–Trinajstić information content (AvgIpc) is 2.69. The second kappa shape index (κ2) is 4.35. The minimum Gasteiger partial charge on any atom is -0.384 e. The molecule has 0 bridgehead atoms. The third-order valence-corrected chi connectivity index (χ3v) is 3.32. The Bertz CT molecular complexity index is 451. The van der Waals surface area contributed by atoms with E-state index in [0.717, 1.165) is 16.7 Å². The van der Waals surface area contributed by atoms with Crippen molar-refractivity contribution < 1.29 is 5.11 Å². The molecule has 0 saturated carbocycles. The van der Waals surface area contributed by atoms with Crippen LogP contribution < -0.4 is 0 Å². The fourth-order valence-electron chi connectivity index (χ4n) is 1.56. The van der Waals surface area contributed by atoms with E-state index in [1.807, 2.05) is 35.9 Å². The third kappa shape index (κ3) is 2.23. The zero-order chi connectivity index (χ0) is 10.8. The van der Waals surface area contributed by atoms with Crippen molar-refractivity contribution in [3.63, 3.8) is 0 Å². The number of hydrogen-bond donors (Lipinski definition) is 1. The summed E-state index contributed by atoms with van der Waals surface area (Å²) < 4.78 is 0. The maximum atomic E-state index is 10.1. The quantitative estimate of drug-likeness (QED) is 0.844. The zero-order valence-electron chi connectivity index (χ0n) is 8.27. The molecule has 1 N–H and O–H groups in total. The summed E-state index contributed by atoms with van der Waals surface area (Å²) in [7, 11) is 0. The molecule has 1 unspecified atom stereocenters. The molecule has 0 radical (unpaired) electrons. The van der Waals surface area contributed by atoms with E-state index in [1.54, 1.807) is 17.4 Å². The number of aryl methyl sites for hydroxylation is 1. The lowest BCUT2D eigenvalue weighted by Gasteiger charge is -2.12. The van der Waals surface area contributed by atoms with Crippen LogP contribution in [0.4, 0.5) is 0 Å². The van der Waals surface area contributed by atoms with Gasteiger partial charge in [0.1, 0.15) is 6.10 Å². The first-order valence-electron chi connectivity index (χ1n) is 4.64. The van der Waals surface area contributed by atoms with Gasteiger partial charge in [0, 0.05) is 5.02 Å². The predicted molar refractivity (Wildman–Crippen MR) is 64.6 cm³/mol. The SMILES string of the molecule is Cc1cc(Cl)ccc1C(O)c1ccsc1. The Kier molecular flexibility index (Phi) is 3.10. The minimum absolute atomic E-state index is 0.548. The molecule has 0 aliphatic rings. The Morgan fingerprint density at radius 1 is 1.33 bits per heavy atom. The zero-order valence-corrected chi connectivity index (χ0v) is 9.85. The fourth-order valence-corrected chi connectivity index (χ4v) is 2.46. The number of aliphatic hydroxyl groups excluding tert-OH is 1. The molecule has 1 aromatic heterocycles. The van der Waals surface area contributed by atoms with Crippen molar-refractivity contribution in [3.05, 3.63) is 56.7 Å². The van der Waals surface area contributed by atoms with E-state index in [2.05, 4.69) is 0 Å². The lowest BCUT2D eigenvalue weighted by atomic mass is 10.00. The summed E-state index contributed by atoms with van der Waals surface area (Å²) >= 11 is 7.45. The van der Waals surface area contributed by atoms with E-state index in [4.69, 9.17) is 11.6 Å². The fraction of sp³-hybridized carbons (Fsp3) is 0.167. The Morgan fingerprint density at radius 3 is 2.73 bits per heavy atom. The van der Waals surface area contributed by atoms with Gasteiger partial charge in [-0.25, -0.2) is 0 Å². The van der Waals surface area contributed by atoms with E-state index in [1.165, 1.54) is 0 Å². The Labute approximate surface area is 98.0 Å². The monoisotopic (exact) mass is 238 g/mol. The summed E-state index contributed by atoms with van der Waals surface area (Å²) in [4.78, 5) is 0. The van der Waals surface area contributed by atoms with Gasteiger partial charge in [-0.15, -0.1) is 0 Å². The Hall–Kier alpha value is -0.830. The van der Waals surface area contributed by atoms with Crippen molar-refractivity contribution in [2.24, 2.45) is 0 Å². The van der Waals surface area contributed by atoms with Gasteiger partial charge in [-0.05, 0) is 52.6 Å². The second-order valence-corrected chi connectivity index (χ2v) is 4.68. The first-order valence-corrected chi connectivity index (χ1v) is 5.97. The molecule has 0 amide bonds. The molecular formula is C12H11ClOS. The van der Waals surface area contributed by atoms with Crippen LogP contribution in [-0.2, 0) is 0 Å². The summed E-state index contributed by atoms with van der Waals surface area (Å²) in [5.74, 6) is 0. The number of thiophene rings is 1. The molecule has 78 valence electrons. The lowest BCUT2D eigenvalue weighted by Crippen LogP contribution is -2.00. The highest BCUT2D eigenvalue weighted by Crippen LogP contribution is 2.27. The van der Waals surface area contributed by atoms with Crippen LogP contribution in [0.2, 0.25) is 5.02 Å². The van der Waals surface area contributed by atoms with Crippen molar-refractivity contribution in [2.75, 3.05) is 0 Å². The molecule has 2 rings (SSSR count). The van der Waals surface area contributed by atoms with Gasteiger partial charge >= 0.3 is 0 Å². The van der Waals surface area contributed by atoms with Crippen LogP contribution in [0.1, 0.15) is 22.8 Å². The number of aliphatic hydroxyl groups is 1. The van der Waals surface area contributed by atoms with Crippen LogP contribution >= 0.6 is 22.9 Å². The van der Waals surface area contributed by atoms with Crippen molar-refractivity contribution in [1.82, 2.24) is 0 Å². The van der Waals surface area contributed by atoms with Crippen molar-refractivity contribution in [2.45, 2.75) is 13.0 Å². The topological polar surface area (TPSA) is 20.2 Å². The molecule has 0 aliphatic heterocycles. The van der Waals surface area contributed by atoms with Gasteiger partial charge in [0.15, 0.2) is 0 Å². The lowest BCUT2D eigenvalue weighted by molar-refractivity contribution is 0.220. The van der Waals surface area contributed by atoms with Gasteiger partial charge in [-0.2, -0.15) is 11.3 Å². The maximum absolute atomic E-state index is 10.1. The van der Waals surface area contributed by atoms with E-state index >= 15 is 0 Å². The molecule has 0 fully saturated rings. The largest absolute Gasteiger partial charge is 0.384 e. The summed E-state index contributed by atoms with van der Waals surface area (Å²) in [5.41, 5.74) is 2.87. The van der Waals surface area contributed by atoms with Crippen molar-refractivity contribution in [3.8, 4) is 0 Å². The molecule has 2 aromatic rings. The molecular weight excluding hydrogens is 228 g/mol. The van der Waals surface area contributed by atoms with Crippen molar-refractivity contribution in [1.29, 1.82) is 0 Å². The summed E-state index contributed by atoms with van der Waals surface area (Å²) in [6.07, 6.45) is -0.548. The molecule has 0 saturated heterocycles. The first kappa shape index (κ1) is 10.7. The number of benzene rings is 1. The van der Waals surface area contributed by atoms with E-state index in [0.29, 0.717) is 5.02 Å². The number of rotatable bonds is 2. The number of hydrogen-bond acceptors (Lipinski definition) is 2. The molecule has 1 nitrogen and oxygen atoms in total. The minimum atomic E-state index is -0.548. The second-order valence-electron chi connectivity index (χ2n) is 3.46. The Morgan fingerprint density at radius 2 is 2.13 bits per heavy atom. The van der Waals surface area contributed by atoms with Crippen LogP contribution in [0.5, 0.6) is 0 Å². The summed E-state index contributed by atoms with van der Waals surface area (Å²) in [5, 5.41) is 14.7. The van der Waals surface area contributed by atoms with Crippen LogP contribution in [0.15, 0.2) is 35.0 Å². The summed E-state index contributed by atoms with van der Waals surface area (Å²) in [6, 6.07) is 7.48. The van der Waals surface area contributed by atoms with Crippen molar-refractivity contribution >= 4 is 22.9 Å². The molecule has 1 aromatic carbocycles. The van der Waals surface area contributed by atoms with Crippen LogP contribution in [0, 0.1) is 6.92 Å². The van der Waals surface area contributed by atoms with Gasteiger partial charge in [0.2, 0.25) is 0 Å². The standard InChI is InChI=1S/C12H11ClOS/c1-8-6-10(13)2-3-11(8)12(14)9-4-5-15-7-9/h2-7,12,14H,1H3. The molecule has 15 heavy (non-hydrogen) atoms. The van der Waals surface area contributed by atoms with E-state index in [9.17, 15) is 5.11 Å². The molecule has 3 heteroatoms. The normalized spacial score (nSPS) is 12.7.